The Labute approximate surface area is 197 Å². The molecule has 0 bridgehead atoms. The lowest BCUT2D eigenvalue weighted by atomic mass is 9.97. The topological polar surface area (TPSA) is 71.3 Å². The molecule has 0 radical (unpaired) electrons. The van der Waals surface area contributed by atoms with Gasteiger partial charge in [0.2, 0.25) is 0 Å². The van der Waals surface area contributed by atoms with E-state index in [0.717, 1.165) is 44.6 Å². The zero-order valence-electron chi connectivity index (χ0n) is 17.9. The smallest absolute Gasteiger partial charge is 0.308 e. The Balaban J connectivity index is 0.00000306. The predicted octanol–water partition coefficient (Wildman–Crippen LogP) is 4.59. The summed E-state index contributed by atoms with van der Waals surface area (Å²) in [5, 5.41) is 10.2. The van der Waals surface area contributed by atoms with Gasteiger partial charge in [0, 0.05) is 19.2 Å². The fourth-order valence-electron chi connectivity index (χ4n) is 3.67. The molecule has 6 nitrogen and oxygen atoms in total. The van der Waals surface area contributed by atoms with E-state index >= 15 is 0 Å². The van der Waals surface area contributed by atoms with Crippen LogP contribution in [-0.4, -0.2) is 47.2 Å². The Hall–Kier alpha value is -3.10. The van der Waals surface area contributed by atoms with Gasteiger partial charge in [-0.25, -0.2) is 8.78 Å². The van der Waals surface area contributed by atoms with E-state index in [1.54, 1.807) is 0 Å². The normalized spacial score (nSPS) is 14.8. The average molecular weight is 475 g/mol. The lowest BCUT2D eigenvalue weighted by Crippen LogP contribution is -2.38. The van der Waals surface area contributed by atoms with E-state index in [1.165, 1.54) is 11.6 Å². The van der Waals surface area contributed by atoms with E-state index in [4.69, 9.17) is 4.42 Å². The summed E-state index contributed by atoms with van der Waals surface area (Å²) in [6.45, 7) is 3.34. The van der Waals surface area contributed by atoms with Gasteiger partial charge in [-0.15, -0.1) is 22.6 Å². The molecule has 1 aromatic heterocycles. The first kappa shape index (κ1) is 24.5. The highest BCUT2D eigenvalue weighted by atomic mass is 35.5. The molecule has 33 heavy (non-hydrogen) atoms. The first-order chi connectivity index (χ1) is 15.6. The van der Waals surface area contributed by atoms with Crippen molar-refractivity contribution in [2.45, 2.75) is 12.8 Å². The zero-order chi connectivity index (χ0) is 22.3. The lowest BCUT2D eigenvalue weighted by molar-refractivity contribution is 0.0903. The molecule has 2 heterocycles. The summed E-state index contributed by atoms with van der Waals surface area (Å²) in [5.74, 6) is -2.07. The molecule has 0 aliphatic carbocycles. The van der Waals surface area contributed by atoms with E-state index in [1.807, 2.05) is 18.2 Å². The Morgan fingerprint density at radius 1 is 1.12 bits per heavy atom. The maximum Gasteiger partial charge on any atom is 0.308 e. The molecule has 1 aliphatic rings. The van der Waals surface area contributed by atoms with Crippen molar-refractivity contribution in [2.24, 2.45) is 5.92 Å². The first-order valence-corrected chi connectivity index (χ1v) is 10.6. The number of likely N-dealkylation sites (tertiary alicyclic amines) is 1. The van der Waals surface area contributed by atoms with Crippen LogP contribution < -0.4 is 5.32 Å². The summed E-state index contributed by atoms with van der Waals surface area (Å²) in [6, 6.07) is 13.2. The Bertz CT molecular complexity index is 1080. The van der Waals surface area contributed by atoms with Crippen molar-refractivity contribution in [3.05, 3.63) is 77.7 Å². The van der Waals surface area contributed by atoms with Crippen LogP contribution in [-0.2, 0) is 0 Å². The standard InChI is InChI=1S/C24H24F2N4O2.ClH/c25-19-8-9-20(21(26)15-19)23-28-29-24(32-23)22(31)27-16-18-10-13-30(14-11-18)12-4-7-17-5-2-1-3-6-17;/h1-9,15,18H,10-14,16H2,(H,27,31);1H/b7-4+;. The number of carbonyl (C=O) groups is 1. The summed E-state index contributed by atoms with van der Waals surface area (Å²) in [5.41, 5.74) is 1.14. The van der Waals surface area contributed by atoms with E-state index in [-0.39, 0.29) is 29.8 Å². The van der Waals surface area contributed by atoms with Crippen molar-refractivity contribution < 1.29 is 18.0 Å². The maximum absolute atomic E-state index is 13.9. The molecule has 174 valence electrons. The molecule has 9 heteroatoms. The molecule has 0 atom stereocenters. The minimum absolute atomic E-state index is 0. The number of nitrogens with zero attached hydrogens (tertiary/aromatic N) is 3. The number of rotatable bonds is 7. The summed E-state index contributed by atoms with van der Waals surface area (Å²) < 4.78 is 32.2. The van der Waals surface area contributed by atoms with E-state index < -0.39 is 17.5 Å². The van der Waals surface area contributed by atoms with Gasteiger partial charge in [0.1, 0.15) is 11.6 Å². The number of amides is 1. The van der Waals surface area contributed by atoms with Gasteiger partial charge in [0.05, 0.1) is 5.56 Å². The van der Waals surface area contributed by atoms with Gasteiger partial charge < -0.3 is 9.73 Å². The number of piperidine rings is 1. The Morgan fingerprint density at radius 2 is 1.88 bits per heavy atom. The largest absolute Gasteiger partial charge is 0.412 e. The van der Waals surface area contributed by atoms with Gasteiger partial charge in [0.15, 0.2) is 0 Å². The van der Waals surface area contributed by atoms with Crippen molar-refractivity contribution in [3.8, 4) is 11.5 Å². The highest BCUT2D eigenvalue weighted by Crippen LogP contribution is 2.22. The van der Waals surface area contributed by atoms with Crippen molar-refractivity contribution >= 4 is 24.4 Å². The molecule has 0 unspecified atom stereocenters. The van der Waals surface area contributed by atoms with E-state index in [9.17, 15) is 13.6 Å². The summed E-state index contributed by atoms with van der Waals surface area (Å²) in [6.07, 6.45) is 6.27. The molecular formula is C24H25ClF2N4O2. The Morgan fingerprint density at radius 3 is 2.61 bits per heavy atom. The first-order valence-electron chi connectivity index (χ1n) is 10.6. The second-order valence-corrected chi connectivity index (χ2v) is 7.80. The van der Waals surface area contributed by atoms with Crippen LogP contribution >= 0.6 is 12.4 Å². The number of carbonyl (C=O) groups excluding carboxylic acids is 1. The van der Waals surface area contributed by atoms with Crippen molar-refractivity contribution in [2.75, 3.05) is 26.2 Å². The van der Waals surface area contributed by atoms with Gasteiger partial charge in [-0.2, -0.15) is 0 Å². The van der Waals surface area contributed by atoms with Crippen molar-refractivity contribution in [3.63, 3.8) is 0 Å². The van der Waals surface area contributed by atoms with Gasteiger partial charge in [-0.1, -0.05) is 42.5 Å². The molecule has 0 spiro atoms. The van der Waals surface area contributed by atoms with E-state index in [0.29, 0.717) is 12.5 Å². The van der Waals surface area contributed by atoms with Gasteiger partial charge in [-0.3, -0.25) is 9.69 Å². The van der Waals surface area contributed by atoms with Crippen LogP contribution in [0.1, 0.15) is 29.1 Å². The number of aromatic nitrogens is 2. The highest BCUT2D eigenvalue weighted by molar-refractivity contribution is 5.89. The van der Waals surface area contributed by atoms with Crippen molar-refractivity contribution in [1.29, 1.82) is 0 Å². The summed E-state index contributed by atoms with van der Waals surface area (Å²) in [7, 11) is 0. The fourth-order valence-corrected chi connectivity index (χ4v) is 3.67. The quantitative estimate of drug-likeness (QED) is 0.542. The second kappa shape index (κ2) is 11.7. The monoisotopic (exact) mass is 474 g/mol. The van der Waals surface area contributed by atoms with Crippen LogP contribution in [0.15, 0.2) is 59.0 Å². The molecule has 1 aliphatic heterocycles. The number of benzene rings is 2. The molecule has 3 aromatic rings. The fraction of sp³-hybridized carbons (Fsp3) is 0.292. The zero-order valence-corrected chi connectivity index (χ0v) is 18.7. The SMILES string of the molecule is Cl.O=C(NCC1CCN(C/C=C/c2ccccc2)CC1)c1nnc(-c2ccc(F)cc2F)o1. The molecular weight excluding hydrogens is 450 g/mol. The van der Waals surface area contributed by atoms with Crippen LogP contribution in [0.3, 0.4) is 0 Å². The number of nitrogens with one attached hydrogen (secondary N) is 1. The summed E-state index contributed by atoms with van der Waals surface area (Å²) in [4.78, 5) is 14.7. The second-order valence-electron chi connectivity index (χ2n) is 7.80. The molecule has 4 rings (SSSR count). The van der Waals surface area contributed by atoms with E-state index in [2.05, 4.69) is 44.7 Å². The van der Waals surface area contributed by atoms with Crippen LogP contribution in [0.2, 0.25) is 0 Å². The molecule has 1 fully saturated rings. The summed E-state index contributed by atoms with van der Waals surface area (Å²) >= 11 is 0. The van der Waals surface area contributed by atoms with Crippen molar-refractivity contribution in [1.82, 2.24) is 20.4 Å². The minimum atomic E-state index is -0.828. The number of halogens is 3. The van der Waals surface area contributed by atoms with Gasteiger partial charge in [-0.05, 0) is 49.5 Å². The third-order valence-corrected chi connectivity index (χ3v) is 5.51. The molecule has 0 saturated carbocycles. The third-order valence-electron chi connectivity index (χ3n) is 5.51. The van der Waals surface area contributed by atoms with Crippen LogP contribution in [0.5, 0.6) is 0 Å². The lowest BCUT2D eigenvalue weighted by Gasteiger charge is -2.31. The highest BCUT2D eigenvalue weighted by Gasteiger charge is 2.22. The number of hydrogen-bond acceptors (Lipinski definition) is 5. The Kier molecular flexibility index (Phi) is 8.68. The van der Waals surface area contributed by atoms with Crippen LogP contribution in [0.4, 0.5) is 8.78 Å². The molecule has 1 saturated heterocycles. The minimum Gasteiger partial charge on any atom is -0.412 e. The maximum atomic E-state index is 13.9. The van der Waals surface area contributed by atoms with Crippen LogP contribution in [0, 0.1) is 17.6 Å². The molecule has 1 amide bonds. The van der Waals surface area contributed by atoms with Gasteiger partial charge >= 0.3 is 11.8 Å². The van der Waals surface area contributed by atoms with Crippen LogP contribution in [0.25, 0.3) is 17.5 Å². The average Bonchev–Trinajstić information content (AvgIpc) is 3.29. The third kappa shape index (κ3) is 6.69. The molecule has 1 N–H and O–H groups in total. The van der Waals surface area contributed by atoms with Gasteiger partial charge in [0.25, 0.3) is 5.89 Å². The number of hydrogen-bond donors (Lipinski definition) is 1. The molecule has 2 aromatic carbocycles. The predicted molar refractivity (Wildman–Crippen MR) is 124 cm³/mol.